The molecule has 0 saturated carbocycles. The van der Waals surface area contributed by atoms with Crippen molar-refractivity contribution >= 4 is 10.0 Å². The summed E-state index contributed by atoms with van der Waals surface area (Å²) in [7, 11) is -3.68. The summed E-state index contributed by atoms with van der Waals surface area (Å²) in [6, 6.07) is 11.4. The topological polar surface area (TPSA) is 85.1 Å². The first-order valence-corrected chi connectivity index (χ1v) is 9.72. The van der Waals surface area contributed by atoms with E-state index in [1.165, 1.54) is 0 Å². The molecule has 6 nitrogen and oxygen atoms in total. The Balaban J connectivity index is 1.81. The third kappa shape index (κ3) is 3.68. The van der Waals surface area contributed by atoms with Crippen molar-refractivity contribution in [2.24, 2.45) is 0 Å². The summed E-state index contributed by atoms with van der Waals surface area (Å²) >= 11 is 0. The van der Waals surface area contributed by atoms with Gasteiger partial charge in [0.1, 0.15) is 0 Å². The van der Waals surface area contributed by atoms with Crippen LogP contribution in [0.15, 0.2) is 45.8 Å². The molecule has 1 aromatic heterocycles. The summed E-state index contributed by atoms with van der Waals surface area (Å²) in [6.45, 7) is 7.41. The van der Waals surface area contributed by atoms with Crippen molar-refractivity contribution in [1.29, 1.82) is 0 Å². The average Bonchev–Trinajstić information content (AvgIpc) is 3.01. The minimum absolute atomic E-state index is 0.0615. The van der Waals surface area contributed by atoms with Crippen LogP contribution < -0.4 is 4.72 Å². The molecular formula is C19H21N3O3S. The van der Waals surface area contributed by atoms with E-state index in [1.807, 2.05) is 50.2 Å². The number of rotatable bonds is 5. The number of nitrogens with zero attached hydrogens (tertiary/aromatic N) is 2. The molecule has 3 rings (SSSR count). The summed E-state index contributed by atoms with van der Waals surface area (Å²) < 4.78 is 33.1. The Bertz CT molecular complexity index is 1030. The highest BCUT2D eigenvalue weighted by Crippen LogP contribution is 2.22. The standard InChI is InChI=1S/C19H21N3O3S/c1-12-9-14(3)18(15(4)10-12)26(23,24)20-11-17-21-19(22-25-17)16-8-6-5-7-13(16)2/h5-10,20H,11H2,1-4H3. The Labute approximate surface area is 153 Å². The van der Waals surface area contributed by atoms with Gasteiger partial charge in [-0.1, -0.05) is 47.1 Å². The van der Waals surface area contributed by atoms with E-state index < -0.39 is 10.0 Å². The van der Waals surface area contributed by atoms with E-state index in [1.54, 1.807) is 13.8 Å². The Morgan fingerprint density at radius 1 is 1.00 bits per heavy atom. The number of nitrogens with one attached hydrogen (secondary N) is 1. The van der Waals surface area contributed by atoms with Gasteiger partial charge in [-0.3, -0.25) is 0 Å². The minimum atomic E-state index is -3.68. The molecule has 0 atom stereocenters. The van der Waals surface area contributed by atoms with Crippen LogP contribution in [0, 0.1) is 27.7 Å². The molecule has 0 aliphatic heterocycles. The van der Waals surface area contributed by atoms with Crippen LogP contribution in [0.5, 0.6) is 0 Å². The summed E-state index contributed by atoms with van der Waals surface area (Å²) in [4.78, 5) is 4.59. The Morgan fingerprint density at radius 2 is 1.65 bits per heavy atom. The molecule has 0 saturated heterocycles. The zero-order valence-corrected chi connectivity index (χ0v) is 16.0. The Morgan fingerprint density at radius 3 is 2.31 bits per heavy atom. The lowest BCUT2D eigenvalue weighted by Crippen LogP contribution is -2.25. The lowest BCUT2D eigenvalue weighted by molar-refractivity contribution is 0.376. The third-order valence-corrected chi connectivity index (χ3v) is 5.85. The zero-order chi connectivity index (χ0) is 18.9. The van der Waals surface area contributed by atoms with Gasteiger partial charge < -0.3 is 4.52 Å². The number of aryl methyl sites for hydroxylation is 4. The molecule has 1 N–H and O–H groups in total. The van der Waals surface area contributed by atoms with Gasteiger partial charge in [-0.05, 0) is 44.4 Å². The molecular weight excluding hydrogens is 350 g/mol. The van der Waals surface area contributed by atoms with Crippen LogP contribution >= 0.6 is 0 Å². The second kappa shape index (κ2) is 7.01. The molecule has 0 amide bonds. The number of hydrogen-bond donors (Lipinski definition) is 1. The summed E-state index contributed by atoms with van der Waals surface area (Å²) in [5.41, 5.74) is 4.32. The van der Waals surface area contributed by atoms with Crippen molar-refractivity contribution in [3.05, 3.63) is 64.5 Å². The predicted molar refractivity (Wildman–Crippen MR) is 99.1 cm³/mol. The van der Waals surface area contributed by atoms with Crippen molar-refractivity contribution in [2.45, 2.75) is 39.1 Å². The number of benzene rings is 2. The van der Waals surface area contributed by atoms with Crippen molar-refractivity contribution in [3.63, 3.8) is 0 Å². The van der Waals surface area contributed by atoms with E-state index in [9.17, 15) is 8.42 Å². The van der Waals surface area contributed by atoms with E-state index >= 15 is 0 Å². The fourth-order valence-electron chi connectivity index (χ4n) is 3.08. The maximum atomic E-state index is 12.7. The Hall–Kier alpha value is -2.51. The molecule has 0 fully saturated rings. The SMILES string of the molecule is Cc1cc(C)c(S(=O)(=O)NCc2nc(-c3ccccc3C)no2)c(C)c1. The van der Waals surface area contributed by atoms with Gasteiger partial charge in [0.05, 0.1) is 11.4 Å². The van der Waals surface area contributed by atoms with E-state index in [0.29, 0.717) is 21.8 Å². The van der Waals surface area contributed by atoms with Crippen LogP contribution in [0.1, 0.15) is 28.1 Å². The minimum Gasteiger partial charge on any atom is -0.338 e. The van der Waals surface area contributed by atoms with Crippen molar-refractivity contribution < 1.29 is 12.9 Å². The number of hydrogen-bond acceptors (Lipinski definition) is 5. The monoisotopic (exact) mass is 371 g/mol. The largest absolute Gasteiger partial charge is 0.338 e. The highest BCUT2D eigenvalue weighted by molar-refractivity contribution is 7.89. The molecule has 0 aliphatic carbocycles. The fraction of sp³-hybridized carbons (Fsp3) is 0.263. The van der Waals surface area contributed by atoms with Crippen molar-refractivity contribution in [1.82, 2.24) is 14.9 Å². The highest BCUT2D eigenvalue weighted by atomic mass is 32.2. The number of aromatic nitrogens is 2. The van der Waals surface area contributed by atoms with Gasteiger partial charge in [0, 0.05) is 5.56 Å². The molecule has 136 valence electrons. The van der Waals surface area contributed by atoms with E-state index in [0.717, 1.165) is 16.7 Å². The molecule has 2 aromatic carbocycles. The second-order valence-electron chi connectivity index (χ2n) is 6.38. The molecule has 0 spiro atoms. The molecule has 7 heteroatoms. The van der Waals surface area contributed by atoms with Gasteiger partial charge >= 0.3 is 0 Å². The van der Waals surface area contributed by atoms with E-state index in [2.05, 4.69) is 14.9 Å². The molecule has 1 heterocycles. The molecule has 0 bridgehead atoms. The van der Waals surface area contributed by atoms with Crippen LogP contribution in [0.4, 0.5) is 0 Å². The first-order valence-electron chi connectivity index (χ1n) is 8.24. The third-order valence-electron chi connectivity index (χ3n) is 4.14. The summed E-state index contributed by atoms with van der Waals surface area (Å²) in [6.07, 6.45) is 0. The van der Waals surface area contributed by atoms with E-state index in [4.69, 9.17) is 4.52 Å². The number of sulfonamides is 1. The quantitative estimate of drug-likeness (QED) is 0.742. The van der Waals surface area contributed by atoms with Gasteiger partial charge in [-0.15, -0.1) is 0 Å². The normalized spacial score (nSPS) is 11.7. The van der Waals surface area contributed by atoms with E-state index in [-0.39, 0.29) is 12.4 Å². The lowest BCUT2D eigenvalue weighted by Gasteiger charge is -2.12. The van der Waals surface area contributed by atoms with Crippen LogP contribution in [-0.2, 0) is 16.6 Å². The second-order valence-corrected chi connectivity index (χ2v) is 8.08. The van der Waals surface area contributed by atoms with Crippen molar-refractivity contribution in [2.75, 3.05) is 0 Å². The maximum Gasteiger partial charge on any atom is 0.242 e. The van der Waals surface area contributed by atoms with Crippen LogP contribution in [0.3, 0.4) is 0 Å². The van der Waals surface area contributed by atoms with Crippen LogP contribution in [0.2, 0.25) is 0 Å². The van der Waals surface area contributed by atoms with Crippen LogP contribution in [-0.4, -0.2) is 18.6 Å². The average molecular weight is 371 g/mol. The lowest BCUT2D eigenvalue weighted by atomic mass is 10.1. The predicted octanol–water partition coefficient (Wildman–Crippen LogP) is 3.45. The molecule has 0 aliphatic rings. The molecule has 0 unspecified atom stereocenters. The molecule has 3 aromatic rings. The fourth-order valence-corrected chi connectivity index (χ4v) is 4.50. The van der Waals surface area contributed by atoms with Crippen molar-refractivity contribution in [3.8, 4) is 11.4 Å². The maximum absolute atomic E-state index is 12.7. The summed E-state index contributed by atoms with van der Waals surface area (Å²) in [5.74, 6) is 0.661. The first-order chi connectivity index (χ1) is 12.3. The van der Waals surface area contributed by atoms with Gasteiger partial charge in [-0.2, -0.15) is 4.98 Å². The summed E-state index contributed by atoms with van der Waals surface area (Å²) in [5, 5.41) is 3.95. The van der Waals surface area contributed by atoms with Gasteiger partial charge in [0.15, 0.2) is 0 Å². The van der Waals surface area contributed by atoms with Gasteiger partial charge in [0.2, 0.25) is 21.7 Å². The highest BCUT2D eigenvalue weighted by Gasteiger charge is 2.21. The first kappa shape index (κ1) is 18.3. The zero-order valence-electron chi connectivity index (χ0n) is 15.2. The smallest absolute Gasteiger partial charge is 0.242 e. The Kier molecular flexibility index (Phi) is 4.93. The van der Waals surface area contributed by atoms with Gasteiger partial charge in [0.25, 0.3) is 0 Å². The van der Waals surface area contributed by atoms with Gasteiger partial charge in [-0.25, -0.2) is 13.1 Å². The van der Waals surface area contributed by atoms with Crippen LogP contribution in [0.25, 0.3) is 11.4 Å². The molecule has 26 heavy (non-hydrogen) atoms. The molecule has 0 radical (unpaired) electrons.